The van der Waals surface area contributed by atoms with Gasteiger partial charge in [0.2, 0.25) is 0 Å². The zero-order chi connectivity index (χ0) is 7.40. The summed E-state index contributed by atoms with van der Waals surface area (Å²) in [5, 5.41) is 5.76. The summed E-state index contributed by atoms with van der Waals surface area (Å²) in [7, 11) is 0. The molecule has 1 aromatic rings. The van der Waals surface area contributed by atoms with E-state index in [0.717, 1.165) is 0 Å². The average molecular weight is 141 g/mol. The van der Waals surface area contributed by atoms with E-state index < -0.39 is 0 Å². The van der Waals surface area contributed by atoms with Crippen molar-refractivity contribution in [2.24, 2.45) is 5.73 Å². The number of rotatable bonds is 2. The highest BCUT2D eigenvalue weighted by atomic mass is 16.5. The minimum absolute atomic E-state index is 0.103. The van der Waals surface area contributed by atoms with Crippen LogP contribution in [0.15, 0.2) is 16.9 Å². The van der Waals surface area contributed by atoms with Crippen molar-refractivity contribution in [2.45, 2.75) is 0 Å². The lowest BCUT2D eigenvalue weighted by Crippen LogP contribution is -2.29. The monoisotopic (exact) mass is 141 g/mol. The molecule has 3 N–H and O–H groups in total. The third-order valence-electron chi connectivity index (χ3n) is 0.933. The Balaban J connectivity index is 2.59. The van der Waals surface area contributed by atoms with Gasteiger partial charge < -0.3 is 15.6 Å². The van der Waals surface area contributed by atoms with E-state index in [1.54, 1.807) is 0 Å². The summed E-state index contributed by atoms with van der Waals surface area (Å²) in [6, 6.07) is 1.46. The molecule has 1 amide bonds. The van der Waals surface area contributed by atoms with Crippen LogP contribution in [0, 0.1) is 0 Å². The van der Waals surface area contributed by atoms with Gasteiger partial charge in [-0.25, -0.2) is 0 Å². The molecular weight excluding hydrogens is 134 g/mol. The molecule has 0 unspecified atom stereocenters. The fourth-order valence-corrected chi connectivity index (χ4v) is 0.513. The van der Waals surface area contributed by atoms with Crippen LogP contribution in [0.5, 0.6) is 0 Å². The maximum atomic E-state index is 10.8. The lowest BCUT2D eigenvalue weighted by atomic mass is 10.4. The van der Waals surface area contributed by atoms with Crippen LogP contribution in [-0.2, 0) is 0 Å². The van der Waals surface area contributed by atoms with Gasteiger partial charge in [0.15, 0.2) is 5.69 Å². The van der Waals surface area contributed by atoms with Crippen molar-refractivity contribution in [1.29, 1.82) is 0 Å². The standard InChI is InChI=1S/C5H7N3O2/c6-3-7-5(9)4-1-2-10-8-4/h1-2H,3,6H2,(H,7,9). The van der Waals surface area contributed by atoms with Crippen molar-refractivity contribution < 1.29 is 9.32 Å². The van der Waals surface area contributed by atoms with Gasteiger partial charge in [-0.15, -0.1) is 0 Å². The molecule has 0 atom stereocenters. The van der Waals surface area contributed by atoms with Crippen molar-refractivity contribution >= 4 is 5.91 Å². The van der Waals surface area contributed by atoms with Gasteiger partial charge in [0.1, 0.15) is 6.26 Å². The fourth-order valence-electron chi connectivity index (χ4n) is 0.513. The Morgan fingerprint density at radius 1 is 1.90 bits per heavy atom. The zero-order valence-electron chi connectivity index (χ0n) is 5.20. The summed E-state index contributed by atoms with van der Waals surface area (Å²) < 4.78 is 4.43. The Morgan fingerprint density at radius 3 is 3.20 bits per heavy atom. The number of nitrogens with one attached hydrogen (secondary N) is 1. The second-order valence-corrected chi connectivity index (χ2v) is 1.59. The van der Waals surface area contributed by atoms with Crippen LogP contribution in [0.2, 0.25) is 0 Å². The highest BCUT2D eigenvalue weighted by molar-refractivity contribution is 5.91. The smallest absolute Gasteiger partial charge is 0.274 e. The SMILES string of the molecule is NCNC(=O)c1ccon1. The molecule has 5 heteroatoms. The van der Waals surface area contributed by atoms with Crippen molar-refractivity contribution in [1.82, 2.24) is 10.5 Å². The fraction of sp³-hybridized carbons (Fsp3) is 0.200. The molecule has 0 aliphatic rings. The van der Waals surface area contributed by atoms with Gasteiger partial charge in [-0.2, -0.15) is 0 Å². The van der Waals surface area contributed by atoms with Crippen LogP contribution in [0.25, 0.3) is 0 Å². The van der Waals surface area contributed by atoms with Crippen LogP contribution >= 0.6 is 0 Å². The summed E-state index contributed by atoms with van der Waals surface area (Å²) in [6.07, 6.45) is 1.32. The second-order valence-electron chi connectivity index (χ2n) is 1.59. The topological polar surface area (TPSA) is 81.1 Å². The third kappa shape index (κ3) is 1.32. The lowest BCUT2D eigenvalue weighted by Gasteiger charge is -1.94. The van der Waals surface area contributed by atoms with Gasteiger partial charge in [0.05, 0.1) is 6.67 Å². The Hall–Kier alpha value is -1.36. The number of hydrogen-bond donors (Lipinski definition) is 2. The van der Waals surface area contributed by atoms with Crippen LogP contribution < -0.4 is 11.1 Å². The third-order valence-corrected chi connectivity index (χ3v) is 0.933. The van der Waals surface area contributed by atoms with E-state index in [2.05, 4.69) is 15.0 Å². The van der Waals surface area contributed by atoms with Crippen molar-refractivity contribution in [3.63, 3.8) is 0 Å². The molecule has 54 valence electrons. The molecule has 0 radical (unpaired) electrons. The highest BCUT2D eigenvalue weighted by Gasteiger charge is 2.05. The molecule has 0 aromatic carbocycles. The number of carbonyl (C=O) groups excluding carboxylic acids is 1. The summed E-state index contributed by atoms with van der Waals surface area (Å²) >= 11 is 0. The molecule has 0 spiro atoms. The Morgan fingerprint density at radius 2 is 2.70 bits per heavy atom. The number of nitrogens with zero attached hydrogens (tertiary/aromatic N) is 1. The molecular formula is C5H7N3O2. The molecule has 0 fully saturated rings. The zero-order valence-corrected chi connectivity index (χ0v) is 5.20. The van der Waals surface area contributed by atoms with Gasteiger partial charge >= 0.3 is 0 Å². The first kappa shape index (κ1) is 6.76. The average Bonchev–Trinajstić information content (AvgIpc) is 2.38. The molecule has 0 saturated carbocycles. The first-order chi connectivity index (χ1) is 4.84. The van der Waals surface area contributed by atoms with Crippen molar-refractivity contribution in [2.75, 3.05) is 6.67 Å². The molecule has 0 bridgehead atoms. The Labute approximate surface area is 57.2 Å². The predicted molar refractivity (Wildman–Crippen MR) is 33.0 cm³/mol. The number of nitrogens with two attached hydrogens (primary N) is 1. The molecule has 5 nitrogen and oxygen atoms in total. The molecule has 0 saturated heterocycles. The van der Waals surface area contributed by atoms with E-state index >= 15 is 0 Å². The minimum Gasteiger partial charge on any atom is -0.364 e. The predicted octanol–water partition coefficient (Wildman–Crippen LogP) is -0.679. The summed E-state index contributed by atoms with van der Waals surface area (Å²) in [5.74, 6) is -0.323. The minimum atomic E-state index is -0.323. The number of carbonyl (C=O) groups is 1. The van der Waals surface area contributed by atoms with E-state index in [1.165, 1.54) is 12.3 Å². The van der Waals surface area contributed by atoms with Gasteiger partial charge in [-0.3, -0.25) is 4.79 Å². The van der Waals surface area contributed by atoms with Crippen LogP contribution in [-0.4, -0.2) is 17.7 Å². The number of hydrogen-bond acceptors (Lipinski definition) is 4. The van der Waals surface area contributed by atoms with Crippen molar-refractivity contribution in [3.8, 4) is 0 Å². The highest BCUT2D eigenvalue weighted by Crippen LogP contribution is 1.91. The van der Waals surface area contributed by atoms with Gasteiger partial charge in [-0.05, 0) is 0 Å². The molecule has 0 aliphatic heterocycles. The maximum Gasteiger partial charge on any atom is 0.274 e. The molecule has 1 aromatic heterocycles. The normalized spacial score (nSPS) is 9.30. The van der Waals surface area contributed by atoms with E-state index in [9.17, 15) is 4.79 Å². The molecule has 0 aliphatic carbocycles. The molecule has 10 heavy (non-hydrogen) atoms. The summed E-state index contributed by atoms with van der Waals surface area (Å²) in [6.45, 7) is 0.103. The quantitative estimate of drug-likeness (QED) is 0.535. The largest absolute Gasteiger partial charge is 0.364 e. The summed E-state index contributed by atoms with van der Waals surface area (Å²) in [4.78, 5) is 10.8. The summed E-state index contributed by atoms with van der Waals surface area (Å²) in [5.41, 5.74) is 5.29. The van der Waals surface area contributed by atoms with E-state index in [0.29, 0.717) is 0 Å². The van der Waals surface area contributed by atoms with Gasteiger partial charge in [0, 0.05) is 6.07 Å². The van der Waals surface area contributed by atoms with Crippen molar-refractivity contribution in [3.05, 3.63) is 18.0 Å². The van der Waals surface area contributed by atoms with E-state index in [4.69, 9.17) is 5.73 Å². The van der Waals surface area contributed by atoms with Gasteiger partial charge in [0.25, 0.3) is 5.91 Å². The number of aromatic nitrogens is 1. The van der Waals surface area contributed by atoms with E-state index in [-0.39, 0.29) is 18.3 Å². The van der Waals surface area contributed by atoms with Gasteiger partial charge in [-0.1, -0.05) is 5.16 Å². The van der Waals surface area contributed by atoms with Crippen LogP contribution in [0.1, 0.15) is 10.5 Å². The lowest BCUT2D eigenvalue weighted by molar-refractivity contribution is 0.0946. The van der Waals surface area contributed by atoms with Crippen LogP contribution in [0.4, 0.5) is 0 Å². The van der Waals surface area contributed by atoms with Crippen LogP contribution in [0.3, 0.4) is 0 Å². The maximum absolute atomic E-state index is 10.8. The first-order valence-electron chi connectivity index (χ1n) is 2.73. The van der Waals surface area contributed by atoms with E-state index in [1.807, 2.05) is 0 Å². The Kier molecular flexibility index (Phi) is 2.01. The second kappa shape index (κ2) is 2.98. The first-order valence-corrected chi connectivity index (χ1v) is 2.73. The Bertz CT molecular complexity index is 207. The molecule has 1 rings (SSSR count). The molecule has 1 heterocycles. The number of amides is 1.